The molecule has 0 spiro atoms. The number of nitriles is 1. The molecule has 2 aromatic heterocycles. The summed E-state index contributed by atoms with van der Waals surface area (Å²) in [6.07, 6.45) is 3.59. The smallest absolute Gasteiger partial charge is 0.382 e. The van der Waals surface area contributed by atoms with E-state index in [1.807, 2.05) is 4.57 Å². The molecule has 6 nitrogen and oxygen atoms in total. The summed E-state index contributed by atoms with van der Waals surface area (Å²) in [5.74, 6) is -0.494. The Morgan fingerprint density at radius 1 is 1.23 bits per heavy atom. The number of carbonyl (C=O) groups is 1. The first kappa shape index (κ1) is 20.7. The maximum atomic E-state index is 13.2. The zero-order valence-corrected chi connectivity index (χ0v) is 16.5. The van der Waals surface area contributed by atoms with Gasteiger partial charge < -0.3 is 15.6 Å². The van der Waals surface area contributed by atoms with Crippen LogP contribution in [-0.2, 0) is 6.18 Å². The Labute approximate surface area is 176 Å². The van der Waals surface area contributed by atoms with Crippen molar-refractivity contribution < 1.29 is 18.0 Å². The Kier molecular flexibility index (Phi) is 5.31. The Bertz CT molecular complexity index is 1170. The molecule has 31 heavy (non-hydrogen) atoms. The summed E-state index contributed by atoms with van der Waals surface area (Å²) < 4.78 is 41.6. The molecule has 0 unspecified atom stereocenters. The number of amides is 1. The number of anilines is 1. The summed E-state index contributed by atoms with van der Waals surface area (Å²) in [6.45, 7) is 0. The van der Waals surface area contributed by atoms with Crippen LogP contribution in [0.3, 0.4) is 0 Å². The molecule has 0 atom stereocenters. The van der Waals surface area contributed by atoms with Gasteiger partial charge in [0, 0.05) is 35.6 Å². The van der Waals surface area contributed by atoms with Crippen LogP contribution < -0.4 is 11.1 Å². The van der Waals surface area contributed by atoms with Crippen molar-refractivity contribution in [3.05, 3.63) is 59.5 Å². The molecule has 0 radical (unpaired) electrons. The number of benzene rings is 1. The van der Waals surface area contributed by atoms with Crippen LogP contribution in [0.4, 0.5) is 18.9 Å². The van der Waals surface area contributed by atoms with Crippen LogP contribution in [0, 0.1) is 11.3 Å². The first-order valence-corrected chi connectivity index (χ1v) is 9.90. The molecular weight excluding hydrogens is 407 g/mol. The number of nitrogens with one attached hydrogen (secondary N) is 1. The van der Waals surface area contributed by atoms with Gasteiger partial charge in [-0.05, 0) is 49.9 Å². The predicted octanol–water partition coefficient (Wildman–Crippen LogP) is 4.62. The van der Waals surface area contributed by atoms with Crippen LogP contribution in [0.5, 0.6) is 0 Å². The highest BCUT2D eigenvalue weighted by Gasteiger charge is 2.34. The number of aromatic nitrogens is 2. The number of halogens is 3. The van der Waals surface area contributed by atoms with Gasteiger partial charge in [-0.3, -0.25) is 9.78 Å². The van der Waals surface area contributed by atoms with Crippen LogP contribution in [0.1, 0.15) is 53.2 Å². The number of rotatable bonds is 4. The van der Waals surface area contributed by atoms with E-state index in [9.17, 15) is 18.0 Å². The van der Waals surface area contributed by atoms with E-state index in [0.29, 0.717) is 11.3 Å². The van der Waals surface area contributed by atoms with E-state index >= 15 is 0 Å². The van der Waals surface area contributed by atoms with Crippen LogP contribution >= 0.6 is 0 Å². The summed E-state index contributed by atoms with van der Waals surface area (Å²) in [7, 11) is 0. The van der Waals surface area contributed by atoms with Gasteiger partial charge >= 0.3 is 6.18 Å². The van der Waals surface area contributed by atoms with Crippen molar-refractivity contribution >= 4 is 22.5 Å². The number of nitrogens with two attached hydrogens (primary N) is 1. The third kappa shape index (κ3) is 4.06. The van der Waals surface area contributed by atoms with Gasteiger partial charge in [-0.2, -0.15) is 18.4 Å². The molecule has 0 bridgehead atoms. The Morgan fingerprint density at radius 3 is 2.61 bits per heavy atom. The zero-order valence-electron chi connectivity index (χ0n) is 16.5. The lowest BCUT2D eigenvalue weighted by molar-refractivity contribution is -0.137. The number of alkyl halides is 3. The molecule has 0 aliphatic heterocycles. The van der Waals surface area contributed by atoms with Crippen molar-refractivity contribution in [2.24, 2.45) is 5.73 Å². The maximum Gasteiger partial charge on any atom is 0.417 e. The normalized spacial score (nSPS) is 19.2. The van der Waals surface area contributed by atoms with E-state index in [-0.39, 0.29) is 17.6 Å². The van der Waals surface area contributed by atoms with Crippen LogP contribution in [0.25, 0.3) is 10.9 Å². The highest BCUT2D eigenvalue weighted by atomic mass is 19.4. The van der Waals surface area contributed by atoms with Gasteiger partial charge in [-0.15, -0.1) is 0 Å². The average Bonchev–Trinajstić information content (AvgIpc) is 3.14. The summed E-state index contributed by atoms with van der Waals surface area (Å²) in [4.78, 5) is 15.9. The molecule has 1 amide bonds. The second kappa shape index (κ2) is 7.95. The van der Waals surface area contributed by atoms with Crippen molar-refractivity contribution in [2.75, 3.05) is 5.32 Å². The molecule has 2 heterocycles. The van der Waals surface area contributed by atoms with Crippen LogP contribution in [0.15, 0.2) is 42.9 Å². The van der Waals surface area contributed by atoms with E-state index in [4.69, 9.17) is 11.0 Å². The zero-order chi connectivity index (χ0) is 22.2. The number of primary amides is 1. The van der Waals surface area contributed by atoms with Crippen molar-refractivity contribution in [2.45, 2.75) is 43.9 Å². The van der Waals surface area contributed by atoms with Gasteiger partial charge in [0.1, 0.15) is 0 Å². The Hall–Kier alpha value is -3.54. The van der Waals surface area contributed by atoms with E-state index in [2.05, 4.69) is 10.3 Å². The minimum absolute atomic E-state index is 0.0147. The average molecular weight is 427 g/mol. The second-order valence-electron chi connectivity index (χ2n) is 7.73. The first-order valence-electron chi connectivity index (χ1n) is 9.90. The van der Waals surface area contributed by atoms with Crippen molar-refractivity contribution in [1.82, 2.24) is 9.55 Å². The lowest BCUT2D eigenvalue weighted by Gasteiger charge is -2.31. The number of hydrogen-bond acceptors (Lipinski definition) is 4. The van der Waals surface area contributed by atoms with Crippen molar-refractivity contribution in [3.63, 3.8) is 0 Å². The standard InChI is InChI=1S/C22H20F3N5O/c23-22(24,25)19-9-15(2-1-13(19)10-26)29-14-3-5-16(6-4-14)30-12-18(21(27)31)17-7-8-28-11-20(17)30/h1-2,7-9,11-12,14,16,29H,3-6H2,(H2,27,31). The third-order valence-electron chi connectivity index (χ3n) is 5.81. The molecule has 1 fully saturated rings. The minimum atomic E-state index is -4.58. The van der Waals surface area contributed by atoms with Gasteiger partial charge in [0.25, 0.3) is 5.91 Å². The van der Waals surface area contributed by atoms with Gasteiger partial charge in [0.15, 0.2) is 0 Å². The molecule has 0 saturated heterocycles. The van der Waals surface area contributed by atoms with Gasteiger partial charge in [0.2, 0.25) is 0 Å². The number of nitrogens with zero attached hydrogens (tertiary/aromatic N) is 3. The predicted molar refractivity (Wildman–Crippen MR) is 109 cm³/mol. The molecule has 160 valence electrons. The molecule has 1 aliphatic carbocycles. The molecule has 4 rings (SSSR count). The summed E-state index contributed by atoms with van der Waals surface area (Å²) in [5.41, 5.74) is 5.84. The van der Waals surface area contributed by atoms with E-state index in [1.54, 1.807) is 30.7 Å². The lowest BCUT2D eigenvalue weighted by atomic mass is 9.90. The Balaban J connectivity index is 1.49. The van der Waals surface area contributed by atoms with Gasteiger partial charge in [-0.1, -0.05) is 0 Å². The largest absolute Gasteiger partial charge is 0.417 e. The number of pyridine rings is 1. The van der Waals surface area contributed by atoms with E-state index in [1.165, 1.54) is 12.1 Å². The fraction of sp³-hybridized carbons (Fsp3) is 0.318. The molecule has 1 saturated carbocycles. The summed E-state index contributed by atoms with van der Waals surface area (Å²) >= 11 is 0. The lowest BCUT2D eigenvalue weighted by Crippen LogP contribution is -2.27. The number of fused-ring (bicyclic) bond motifs is 1. The second-order valence-corrected chi connectivity index (χ2v) is 7.73. The SMILES string of the molecule is N#Cc1ccc(NC2CCC(n3cc(C(N)=O)c4ccncc43)CC2)cc1C(F)(F)F. The molecule has 3 N–H and O–H groups in total. The molecule has 1 aliphatic rings. The highest BCUT2D eigenvalue weighted by molar-refractivity contribution is 6.06. The first-order chi connectivity index (χ1) is 14.8. The maximum absolute atomic E-state index is 13.2. The number of hydrogen-bond donors (Lipinski definition) is 2. The molecule has 9 heteroatoms. The Morgan fingerprint density at radius 2 is 1.97 bits per heavy atom. The fourth-order valence-electron chi connectivity index (χ4n) is 4.30. The third-order valence-corrected chi connectivity index (χ3v) is 5.81. The monoisotopic (exact) mass is 427 g/mol. The van der Waals surface area contributed by atoms with Gasteiger partial charge in [0.05, 0.1) is 34.5 Å². The van der Waals surface area contributed by atoms with E-state index in [0.717, 1.165) is 42.7 Å². The molecule has 3 aromatic rings. The quantitative estimate of drug-likeness (QED) is 0.635. The van der Waals surface area contributed by atoms with Crippen LogP contribution in [0.2, 0.25) is 0 Å². The highest BCUT2D eigenvalue weighted by Crippen LogP contribution is 2.36. The van der Waals surface area contributed by atoms with Crippen molar-refractivity contribution in [1.29, 1.82) is 5.26 Å². The van der Waals surface area contributed by atoms with Crippen molar-refractivity contribution in [3.8, 4) is 6.07 Å². The molecular formula is C22H20F3N5O. The molecule has 1 aromatic carbocycles. The topological polar surface area (TPSA) is 96.7 Å². The summed E-state index contributed by atoms with van der Waals surface area (Å²) in [5, 5.41) is 12.9. The fourth-order valence-corrected chi connectivity index (χ4v) is 4.30. The van der Waals surface area contributed by atoms with Gasteiger partial charge in [-0.25, -0.2) is 0 Å². The van der Waals surface area contributed by atoms with Crippen LogP contribution in [-0.4, -0.2) is 21.5 Å². The summed E-state index contributed by atoms with van der Waals surface area (Å²) in [6, 6.07) is 7.21. The van der Waals surface area contributed by atoms with E-state index < -0.39 is 17.6 Å². The minimum Gasteiger partial charge on any atom is -0.382 e. The number of carbonyl (C=O) groups excluding carboxylic acids is 1.